The van der Waals surface area contributed by atoms with Crippen LogP contribution in [-0.2, 0) is 0 Å². The average molecular weight is 239 g/mol. The topological polar surface area (TPSA) is 65.3 Å². The summed E-state index contributed by atoms with van der Waals surface area (Å²) < 4.78 is 29.3. The minimum Gasteiger partial charge on any atom is -0.495 e. The molecule has 0 radical (unpaired) electrons. The van der Waals surface area contributed by atoms with Crippen LogP contribution in [0.4, 0.5) is 14.6 Å². The Labute approximate surface area is 87.8 Å². The Hall–Kier alpha value is -1.50. The third kappa shape index (κ3) is 2.30. The second-order valence-corrected chi connectivity index (χ2v) is 2.82. The van der Waals surface area contributed by atoms with Crippen LogP contribution >= 0.6 is 11.6 Å². The first-order valence-electron chi connectivity index (χ1n) is 3.64. The fraction of sp³-hybridized carbons (Fsp3) is 0.286. The van der Waals surface area contributed by atoms with E-state index in [1.165, 1.54) is 7.11 Å². The summed E-state index contributed by atoms with van der Waals surface area (Å²) in [4.78, 5) is 12.6. The predicted molar refractivity (Wildman–Crippen MR) is 47.4 cm³/mol. The normalized spacial score (nSPS) is 10.5. The molecule has 1 aromatic heterocycles. The first-order valence-corrected chi connectivity index (χ1v) is 4.02. The van der Waals surface area contributed by atoms with E-state index < -0.39 is 27.9 Å². The van der Waals surface area contributed by atoms with Gasteiger partial charge in [-0.15, -0.1) is 0 Å². The van der Waals surface area contributed by atoms with Crippen LogP contribution in [0.5, 0.6) is 5.75 Å². The monoisotopic (exact) mass is 238 g/mol. The van der Waals surface area contributed by atoms with E-state index in [9.17, 15) is 18.9 Å². The molecule has 0 aromatic carbocycles. The van der Waals surface area contributed by atoms with Crippen molar-refractivity contribution < 1.29 is 18.4 Å². The molecule has 0 saturated carbocycles. The van der Waals surface area contributed by atoms with Gasteiger partial charge >= 0.3 is 12.2 Å². The van der Waals surface area contributed by atoms with Crippen LogP contribution in [0.15, 0.2) is 6.07 Å². The van der Waals surface area contributed by atoms with Crippen molar-refractivity contribution in [2.24, 2.45) is 0 Å². The molecule has 15 heavy (non-hydrogen) atoms. The highest BCUT2D eigenvalue weighted by molar-refractivity contribution is 6.32. The van der Waals surface area contributed by atoms with Crippen LogP contribution in [0.25, 0.3) is 0 Å². The van der Waals surface area contributed by atoms with Gasteiger partial charge in [0.2, 0.25) is 5.69 Å². The number of hydrogen-bond donors (Lipinski definition) is 0. The Bertz CT molecular complexity index is 400. The molecule has 0 amide bonds. The minimum absolute atomic E-state index is 0.200. The number of halogens is 3. The Morgan fingerprint density at radius 1 is 1.67 bits per heavy atom. The van der Waals surface area contributed by atoms with E-state index >= 15 is 0 Å². The van der Waals surface area contributed by atoms with E-state index in [0.717, 1.165) is 6.07 Å². The Balaban J connectivity index is 3.38. The lowest BCUT2D eigenvalue weighted by Gasteiger charge is -2.04. The molecule has 0 spiro atoms. The van der Waals surface area contributed by atoms with Gasteiger partial charge in [0.25, 0.3) is 0 Å². The highest BCUT2D eigenvalue weighted by Gasteiger charge is 2.26. The van der Waals surface area contributed by atoms with Gasteiger partial charge in [-0.2, -0.15) is 0 Å². The van der Waals surface area contributed by atoms with Crippen LogP contribution in [0.3, 0.4) is 0 Å². The quantitative estimate of drug-likeness (QED) is 0.600. The van der Waals surface area contributed by atoms with Crippen LogP contribution in [0.1, 0.15) is 12.1 Å². The Morgan fingerprint density at radius 3 is 2.67 bits per heavy atom. The summed E-state index contributed by atoms with van der Waals surface area (Å²) in [5.41, 5.74) is -0.859. The summed E-state index contributed by atoms with van der Waals surface area (Å²) in [7, 11) is 1.17. The SMILES string of the molecule is COc1cc([N+](=O)[O-])nc(C(F)F)c1Cl. The van der Waals surface area contributed by atoms with Crippen molar-refractivity contribution in [3.63, 3.8) is 0 Å². The van der Waals surface area contributed by atoms with Gasteiger partial charge in [-0.25, -0.2) is 8.78 Å². The molecule has 1 aromatic rings. The standard InChI is InChI=1S/C7H5ClF2N2O3/c1-15-3-2-4(12(13)14)11-6(5(3)8)7(9)10/h2,7H,1H3. The number of rotatable bonds is 3. The number of aromatic nitrogens is 1. The number of ether oxygens (including phenoxy) is 1. The molecule has 0 atom stereocenters. The second-order valence-electron chi connectivity index (χ2n) is 2.44. The summed E-state index contributed by atoms with van der Waals surface area (Å²) in [5.74, 6) is -0.930. The summed E-state index contributed by atoms with van der Waals surface area (Å²) in [6.07, 6.45) is -2.99. The molecule has 0 aliphatic rings. The third-order valence-electron chi connectivity index (χ3n) is 1.55. The molecule has 1 rings (SSSR count). The maximum atomic E-state index is 12.4. The van der Waals surface area contributed by atoms with E-state index in [-0.39, 0.29) is 5.75 Å². The van der Waals surface area contributed by atoms with Crippen LogP contribution in [0, 0.1) is 10.1 Å². The van der Waals surface area contributed by atoms with Crippen molar-refractivity contribution in [1.82, 2.24) is 4.98 Å². The van der Waals surface area contributed by atoms with Crippen molar-refractivity contribution in [2.45, 2.75) is 6.43 Å². The van der Waals surface area contributed by atoms with Crippen molar-refractivity contribution in [3.05, 3.63) is 26.9 Å². The van der Waals surface area contributed by atoms with Crippen LogP contribution < -0.4 is 4.74 Å². The molecule has 1 heterocycles. The molecule has 8 heteroatoms. The van der Waals surface area contributed by atoms with Gasteiger partial charge in [-0.3, -0.25) is 0 Å². The number of methoxy groups -OCH3 is 1. The Morgan fingerprint density at radius 2 is 2.27 bits per heavy atom. The van der Waals surface area contributed by atoms with Crippen LogP contribution in [0.2, 0.25) is 5.02 Å². The fourth-order valence-corrected chi connectivity index (χ4v) is 1.15. The van der Waals surface area contributed by atoms with Crippen molar-refractivity contribution in [3.8, 4) is 5.75 Å². The molecule has 0 unspecified atom stereocenters. The van der Waals surface area contributed by atoms with E-state index in [0.29, 0.717) is 0 Å². The molecule has 0 aliphatic carbocycles. The van der Waals surface area contributed by atoms with Gasteiger partial charge in [0.15, 0.2) is 0 Å². The molecule has 0 fully saturated rings. The third-order valence-corrected chi connectivity index (χ3v) is 1.93. The van der Waals surface area contributed by atoms with E-state index in [1.54, 1.807) is 0 Å². The molecule has 5 nitrogen and oxygen atoms in total. The predicted octanol–water partition coefficient (Wildman–Crippen LogP) is 2.59. The van der Waals surface area contributed by atoms with Gasteiger partial charge in [0.1, 0.15) is 10.8 Å². The zero-order chi connectivity index (χ0) is 11.6. The van der Waals surface area contributed by atoms with Crippen molar-refractivity contribution >= 4 is 17.4 Å². The summed E-state index contributed by atoms with van der Waals surface area (Å²) >= 11 is 5.49. The van der Waals surface area contributed by atoms with Crippen LogP contribution in [-0.4, -0.2) is 17.0 Å². The van der Waals surface area contributed by atoms with Gasteiger partial charge in [-0.05, 0) is 9.91 Å². The van der Waals surface area contributed by atoms with E-state index in [1.807, 2.05) is 0 Å². The lowest BCUT2D eigenvalue weighted by atomic mass is 10.3. The highest BCUT2D eigenvalue weighted by atomic mass is 35.5. The number of hydrogen-bond acceptors (Lipinski definition) is 4. The zero-order valence-electron chi connectivity index (χ0n) is 7.41. The van der Waals surface area contributed by atoms with Crippen molar-refractivity contribution in [2.75, 3.05) is 7.11 Å². The fourth-order valence-electron chi connectivity index (χ4n) is 0.898. The smallest absolute Gasteiger partial charge is 0.367 e. The number of nitro groups is 1. The maximum Gasteiger partial charge on any atom is 0.367 e. The molecule has 0 bridgehead atoms. The lowest BCUT2D eigenvalue weighted by molar-refractivity contribution is -0.389. The molecule has 0 saturated heterocycles. The first kappa shape index (κ1) is 11.6. The number of alkyl halides is 2. The molecule has 82 valence electrons. The second kappa shape index (κ2) is 4.35. The van der Waals surface area contributed by atoms with Gasteiger partial charge in [0.05, 0.1) is 13.2 Å². The van der Waals surface area contributed by atoms with Gasteiger partial charge in [-0.1, -0.05) is 11.6 Å². The molecule has 0 N–H and O–H groups in total. The largest absolute Gasteiger partial charge is 0.495 e. The van der Waals surface area contributed by atoms with Gasteiger partial charge < -0.3 is 14.9 Å². The van der Waals surface area contributed by atoms with Gasteiger partial charge in [0, 0.05) is 0 Å². The maximum absolute atomic E-state index is 12.4. The van der Waals surface area contributed by atoms with E-state index in [4.69, 9.17) is 11.6 Å². The summed E-state index contributed by atoms with van der Waals surface area (Å²) in [5, 5.41) is 9.94. The number of pyridine rings is 1. The van der Waals surface area contributed by atoms with Crippen molar-refractivity contribution in [1.29, 1.82) is 0 Å². The molecular formula is C7H5ClF2N2O3. The molecule has 0 aliphatic heterocycles. The first-order chi connectivity index (χ1) is 6.97. The zero-order valence-corrected chi connectivity index (χ0v) is 8.16. The number of nitrogens with zero attached hydrogens (tertiary/aromatic N) is 2. The highest BCUT2D eigenvalue weighted by Crippen LogP contribution is 2.35. The lowest BCUT2D eigenvalue weighted by Crippen LogP contribution is -2.00. The Kier molecular flexibility index (Phi) is 3.35. The van der Waals surface area contributed by atoms with E-state index in [2.05, 4.69) is 9.72 Å². The summed E-state index contributed by atoms with van der Waals surface area (Å²) in [6.45, 7) is 0. The molecular weight excluding hydrogens is 234 g/mol. The summed E-state index contributed by atoms with van der Waals surface area (Å²) in [6, 6.07) is 0.883. The minimum atomic E-state index is -2.99. The average Bonchev–Trinajstić information content (AvgIpc) is 2.17.